The Morgan fingerprint density at radius 2 is 2.00 bits per heavy atom. The molecular weight excluding hydrogens is 328 g/mol. The molecule has 1 saturated carbocycles. The first-order chi connectivity index (χ1) is 12.8. The number of nitrogens with one attached hydrogen (secondary N) is 1. The van der Waals surface area contributed by atoms with E-state index in [1.807, 2.05) is 12.4 Å². The molecular formula is C19H22N6O. The van der Waals surface area contributed by atoms with Crippen LogP contribution < -0.4 is 5.56 Å². The van der Waals surface area contributed by atoms with Crippen LogP contribution in [0.15, 0.2) is 35.8 Å². The topological polar surface area (TPSA) is 79.7 Å². The Balaban J connectivity index is 1.37. The van der Waals surface area contributed by atoms with Crippen LogP contribution in [0.3, 0.4) is 0 Å². The smallest absolute Gasteiger partial charge is 0.258 e. The van der Waals surface area contributed by atoms with Gasteiger partial charge in [0.2, 0.25) is 0 Å². The second kappa shape index (κ2) is 6.32. The molecule has 1 saturated heterocycles. The van der Waals surface area contributed by atoms with Gasteiger partial charge in [-0.15, -0.1) is 0 Å². The van der Waals surface area contributed by atoms with Gasteiger partial charge in [-0.05, 0) is 62.2 Å². The second-order valence-electron chi connectivity index (χ2n) is 7.50. The van der Waals surface area contributed by atoms with Gasteiger partial charge in [-0.1, -0.05) is 0 Å². The number of aromatic amines is 1. The van der Waals surface area contributed by atoms with Crippen LogP contribution >= 0.6 is 0 Å². The lowest BCUT2D eigenvalue weighted by atomic mass is 9.91. The van der Waals surface area contributed by atoms with Gasteiger partial charge in [0, 0.05) is 18.9 Å². The van der Waals surface area contributed by atoms with Gasteiger partial charge < -0.3 is 9.88 Å². The highest BCUT2D eigenvalue weighted by molar-refractivity contribution is 5.83. The monoisotopic (exact) mass is 350 g/mol. The number of pyridine rings is 1. The summed E-state index contributed by atoms with van der Waals surface area (Å²) in [7, 11) is 0. The number of piperidine rings is 1. The molecule has 3 aromatic rings. The summed E-state index contributed by atoms with van der Waals surface area (Å²) >= 11 is 0. The first-order valence-electron chi connectivity index (χ1n) is 9.37. The van der Waals surface area contributed by atoms with Gasteiger partial charge in [-0.25, -0.2) is 14.6 Å². The van der Waals surface area contributed by atoms with E-state index in [0.29, 0.717) is 22.6 Å². The molecule has 0 bridgehead atoms. The van der Waals surface area contributed by atoms with Crippen molar-refractivity contribution in [2.24, 2.45) is 5.92 Å². The van der Waals surface area contributed by atoms with E-state index in [4.69, 9.17) is 0 Å². The molecule has 0 aromatic carbocycles. The van der Waals surface area contributed by atoms with Crippen LogP contribution in [0.25, 0.3) is 16.7 Å². The molecule has 0 unspecified atom stereocenters. The molecule has 0 spiro atoms. The van der Waals surface area contributed by atoms with Crippen molar-refractivity contribution in [3.8, 4) is 5.82 Å². The minimum Gasteiger partial charge on any atom is -0.313 e. The summed E-state index contributed by atoms with van der Waals surface area (Å²) in [6.45, 7) is 3.64. The van der Waals surface area contributed by atoms with Gasteiger partial charge in [-0.2, -0.15) is 5.10 Å². The minimum absolute atomic E-state index is 0.158. The van der Waals surface area contributed by atoms with Gasteiger partial charge in [0.25, 0.3) is 5.56 Å². The third-order valence-electron chi connectivity index (χ3n) is 5.63. The third-order valence-corrected chi connectivity index (χ3v) is 5.63. The number of H-pyrrole nitrogens is 1. The Kier molecular flexibility index (Phi) is 3.81. The Bertz CT molecular complexity index is 981. The van der Waals surface area contributed by atoms with E-state index >= 15 is 0 Å². The van der Waals surface area contributed by atoms with E-state index in [9.17, 15) is 4.79 Å². The van der Waals surface area contributed by atoms with E-state index < -0.39 is 0 Å². The predicted octanol–water partition coefficient (Wildman–Crippen LogP) is 2.09. The van der Waals surface area contributed by atoms with E-state index in [2.05, 4.69) is 25.0 Å². The zero-order valence-corrected chi connectivity index (χ0v) is 14.6. The Morgan fingerprint density at radius 1 is 1.15 bits per heavy atom. The van der Waals surface area contributed by atoms with E-state index in [-0.39, 0.29) is 5.56 Å². The number of fused-ring (bicyclic) bond motifs is 1. The summed E-state index contributed by atoms with van der Waals surface area (Å²) in [5, 5.41) is 5.04. The van der Waals surface area contributed by atoms with Gasteiger partial charge >= 0.3 is 0 Å². The van der Waals surface area contributed by atoms with Crippen LogP contribution in [0.4, 0.5) is 0 Å². The summed E-state index contributed by atoms with van der Waals surface area (Å²) in [5.74, 6) is 2.11. The number of hydrogen-bond acceptors (Lipinski definition) is 5. The molecule has 1 aliphatic heterocycles. The predicted molar refractivity (Wildman–Crippen MR) is 98.4 cm³/mol. The van der Waals surface area contributed by atoms with Gasteiger partial charge in [-0.3, -0.25) is 4.79 Å². The van der Waals surface area contributed by atoms with E-state index in [1.54, 1.807) is 16.9 Å². The lowest BCUT2D eigenvalue weighted by Crippen LogP contribution is -2.34. The molecule has 0 atom stereocenters. The average molecular weight is 350 g/mol. The number of likely N-dealkylation sites (tertiary alicyclic amines) is 1. The molecule has 26 heavy (non-hydrogen) atoms. The van der Waals surface area contributed by atoms with Crippen molar-refractivity contribution in [1.29, 1.82) is 0 Å². The fourth-order valence-electron chi connectivity index (χ4n) is 3.93. The molecule has 0 amide bonds. The van der Waals surface area contributed by atoms with Gasteiger partial charge in [0.15, 0.2) is 5.82 Å². The quantitative estimate of drug-likeness (QED) is 0.779. The van der Waals surface area contributed by atoms with E-state index in [0.717, 1.165) is 5.92 Å². The van der Waals surface area contributed by atoms with Crippen molar-refractivity contribution in [2.75, 3.05) is 19.6 Å². The first kappa shape index (κ1) is 15.7. The molecule has 4 heterocycles. The second-order valence-corrected chi connectivity index (χ2v) is 7.50. The number of hydrogen-bond donors (Lipinski definition) is 1. The minimum atomic E-state index is -0.158. The zero-order chi connectivity index (χ0) is 17.5. The molecule has 7 heteroatoms. The van der Waals surface area contributed by atoms with Crippen molar-refractivity contribution in [2.45, 2.75) is 31.6 Å². The third kappa shape index (κ3) is 2.92. The fourth-order valence-corrected chi connectivity index (χ4v) is 3.93. The van der Waals surface area contributed by atoms with Crippen LogP contribution in [-0.2, 0) is 0 Å². The summed E-state index contributed by atoms with van der Waals surface area (Å²) < 4.78 is 1.75. The lowest BCUT2D eigenvalue weighted by Gasteiger charge is -2.31. The summed E-state index contributed by atoms with van der Waals surface area (Å²) in [5.41, 5.74) is 1.67. The summed E-state index contributed by atoms with van der Waals surface area (Å²) in [6.07, 6.45) is 12.2. The van der Waals surface area contributed by atoms with Crippen molar-refractivity contribution in [3.05, 3.63) is 46.9 Å². The first-order valence-corrected chi connectivity index (χ1v) is 9.37. The standard InChI is InChI=1S/C19H22N6O/c26-19-16-3-6-20-18(17(16)21-12-22-19)25-11-15(9-23-25)14-4-7-24(8-5-14)10-13-1-2-13/h3,6,9,11-14H,1-2,4-5,7-8,10H2,(H,21,22,26). The normalized spacial score (nSPS) is 19.2. The Morgan fingerprint density at radius 3 is 2.81 bits per heavy atom. The lowest BCUT2D eigenvalue weighted by molar-refractivity contribution is 0.204. The van der Waals surface area contributed by atoms with Gasteiger partial charge in [0.05, 0.1) is 17.9 Å². The van der Waals surface area contributed by atoms with Crippen molar-refractivity contribution in [3.63, 3.8) is 0 Å². The highest BCUT2D eigenvalue weighted by atomic mass is 16.1. The molecule has 5 rings (SSSR count). The highest BCUT2D eigenvalue weighted by Crippen LogP contribution is 2.33. The molecule has 134 valence electrons. The Labute approximate surface area is 151 Å². The van der Waals surface area contributed by atoms with Crippen molar-refractivity contribution >= 4 is 10.9 Å². The Hall–Kier alpha value is -2.54. The van der Waals surface area contributed by atoms with Crippen molar-refractivity contribution < 1.29 is 0 Å². The van der Waals surface area contributed by atoms with Crippen LogP contribution in [0.5, 0.6) is 0 Å². The summed E-state index contributed by atoms with van der Waals surface area (Å²) in [4.78, 5) is 25.9. The van der Waals surface area contributed by atoms with E-state index in [1.165, 1.54) is 57.2 Å². The largest absolute Gasteiger partial charge is 0.313 e. The number of nitrogens with zero attached hydrogens (tertiary/aromatic N) is 5. The maximum absolute atomic E-state index is 12.0. The number of aromatic nitrogens is 5. The molecule has 2 fully saturated rings. The van der Waals surface area contributed by atoms with Crippen LogP contribution in [-0.4, -0.2) is 49.3 Å². The molecule has 3 aromatic heterocycles. The summed E-state index contributed by atoms with van der Waals surface area (Å²) in [6, 6.07) is 1.69. The maximum Gasteiger partial charge on any atom is 0.258 e. The van der Waals surface area contributed by atoms with Gasteiger partial charge in [0.1, 0.15) is 5.52 Å². The zero-order valence-electron chi connectivity index (χ0n) is 14.6. The molecule has 0 radical (unpaired) electrons. The highest BCUT2D eigenvalue weighted by Gasteiger charge is 2.28. The molecule has 2 aliphatic rings. The average Bonchev–Trinajstić information content (AvgIpc) is 3.35. The molecule has 1 aliphatic carbocycles. The van der Waals surface area contributed by atoms with Crippen molar-refractivity contribution in [1.82, 2.24) is 29.6 Å². The number of rotatable bonds is 4. The maximum atomic E-state index is 12.0. The van der Waals surface area contributed by atoms with Crippen LogP contribution in [0.1, 0.15) is 37.2 Å². The molecule has 1 N–H and O–H groups in total. The van der Waals surface area contributed by atoms with Crippen LogP contribution in [0, 0.1) is 5.92 Å². The SMILES string of the molecule is O=c1[nH]cnc2c(-n3cc(C4CCN(CC5CC5)CC4)cn3)nccc12. The van der Waals surface area contributed by atoms with Crippen LogP contribution in [0.2, 0.25) is 0 Å². The molecule has 7 nitrogen and oxygen atoms in total. The fraction of sp³-hybridized carbons (Fsp3) is 0.474.